The van der Waals surface area contributed by atoms with Gasteiger partial charge in [0.05, 0.1) is 13.2 Å². The van der Waals surface area contributed by atoms with Crippen molar-refractivity contribution >= 4 is 17.7 Å². The molecule has 0 N–H and O–H groups in total. The van der Waals surface area contributed by atoms with E-state index in [1.54, 1.807) is 0 Å². The zero-order valence-corrected chi connectivity index (χ0v) is 12.6. The van der Waals surface area contributed by atoms with Crippen LogP contribution in [-0.4, -0.2) is 30.9 Å². The molecule has 0 amide bonds. The molecule has 0 aliphatic carbocycles. The van der Waals surface area contributed by atoms with Crippen LogP contribution in [0.25, 0.3) is 0 Å². The monoisotopic (exact) mass is 286 g/mol. The second-order valence-electron chi connectivity index (χ2n) is 4.75. The number of ketones is 1. The van der Waals surface area contributed by atoms with Crippen LogP contribution < -0.4 is 0 Å². The third-order valence-corrected chi connectivity index (χ3v) is 2.70. The highest BCUT2D eigenvalue weighted by atomic mass is 16.5. The smallest absolute Gasteiger partial charge is 0.313 e. The zero-order valence-electron chi connectivity index (χ0n) is 12.6. The average Bonchev–Trinajstić information content (AvgIpc) is 2.39. The number of carbonyl (C=O) groups excluding carboxylic acids is 3. The zero-order chi connectivity index (χ0) is 15.2. The van der Waals surface area contributed by atoms with Crippen molar-refractivity contribution in [1.29, 1.82) is 0 Å². The molecule has 0 aliphatic heterocycles. The Bertz CT molecular complexity index is 271. The van der Waals surface area contributed by atoms with Crippen molar-refractivity contribution in [2.45, 2.75) is 65.2 Å². The SMILES string of the molecule is CCCCCOC(=O)CC(=O)CC(=O)OCCCCC. The number of hydrogen-bond donors (Lipinski definition) is 0. The van der Waals surface area contributed by atoms with Crippen LogP contribution >= 0.6 is 0 Å². The molecule has 116 valence electrons. The topological polar surface area (TPSA) is 69.7 Å². The van der Waals surface area contributed by atoms with Crippen LogP contribution in [-0.2, 0) is 23.9 Å². The summed E-state index contributed by atoms with van der Waals surface area (Å²) in [5, 5.41) is 0. The molecule has 0 aromatic carbocycles. The average molecular weight is 286 g/mol. The number of esters is 2. The van der Waals surface area contributed by atoms with Crippen LogP contribution in [0.4, 0.5) is 0 Å². The Hall–Kier alpha value is -1.39. The molecular formula is C15H26O5. The van der Waals surface area contributed by atoms with Gasteiger partial charge in [0.1, 0.15) is 12.8 Å². The van der Waals surface area contributed by atoms with Gasteiger partial charge in [-0.15, -0.1) is 0 Å². The number of unbranched alkanes of at least 4 members (excludes halogenated alkanes) is 4. The molecule has 0 aromatic heterocycles. The van der Waals surface area contributed by atoms with Gasteiger partial charge in [0, 0.05) is 0 Å². The lowest BCUT2D eigenvalue weighted by Gasteiger charge is -2.05. The predicted molar refractivity (Wildman–Crippen MR) is 75.2 cm³/mol. The van der Waals surface area contributed by atoms with Gasteiger partial charge in [-0.05, 0) is 12.8 Å². The van der Waals surface area contributed by atoms with E-state index in [-0.39, 0.29) is 12.8 Å². The molecule has 0 rings (SSSR count). The number of Topliss-reactive ketones (excluding diaryl/α,β-unsaturated/α-hetero) is 1. The second-order valence-corrected chi connectivity index (χ2v) is 4.75. The van der Waals surface area contributed by atoms with Gasteiger partial charge in [0.25, 0.3) is 0 Å². The molecule has 0 atom stereocenters. The molecule has 20 heavy (non-hydrogen) atoms. The molecule has 0 bridgehead atoms. The molecule has 0 spiro atoms. The van der Waals surface area contributed by atoms with Crippen molar-refractivity contribution in [3.05, 3.63) is 0 Å². The maximum atomic E-state index is 11.4. The third kappa shape index (κ3) is 11.7. The first-order valence-electron chi connectivity index (χ1n) is 7.43. The molecular weight excluding hydrogens is 260 g/mol. The van der Waals surface area contributed by atoms with Crippen molar-refractivity contribution in [3.63, 3.8) is 0 Å². The maximum Gasteiger partial charge on any atom is 0.313 e. The van der Waals surface area contributed by atoms with Crippen LogP contribution in [0.15, 0.2) is 0 Å². The molecule has 0 fully saturated rings. The third-order valence-electron chi connectivity index (χ3n) is 2.70. The van der Waals surface area contributed by atoms with E-state index in [2.05, 4.69) is 13.8 Å². The van der Waals surface area contributed by atoms with Crippen LogP contribution in [0.2, 0.25) is 0 Å². The summed E-state index contributed by atoms with van der Waals surface area (Å²) in [4.78, 5) is 34.0. The number of carbonyl (C=O) groups is 3. The van der Waals surface area contributed by atoms with Crippen molar-refractivity contribution in [2.75, 3.05) is 13.2 Å². The van der Waals surface area contributed by atoms with Crippen LogP contribution in [0.1, 0.15) is 65.2 Å². The van der Waals surface area contributed by atoms with Crippen LogP contribution in [0.5, 0.6) is 0 Å². The summed E-state index contributed by atoms with van der Waals surface area (Å²) in [6, 6.07) is 0. The summed E-state index contributed by atoms with van der Waals surface area (Å²) in [6.45, 7) is 4.78. The first-order valence-corrected chi connectivity index (χ1v) is 7.43. The van der Waals surface area contributed by atoms with Crippen molar-refractivity contribution in [3.8, 4) is 0 Å². The minimum absolute atomic E-state index is 0.335. The van der Waals surface area contributed by atoms with Gasteiger partial charge in [-0.25, -0.2) is 0 Å². The second kappa shape index (κ2) is 12.6. The Morgan fingerprint density at radius 2 is 1.10 bits per heavy atom. The van der Waals surface area contributed by atoms with Gasteiger partial charge in [0.2, 0.25) is 0 Å². The Balaban J connectivity index is 3.64. The lowest BCUT2D eigenvalue weighted by Crippen LogP contribution is -2.17. The van der Waals surface area contributed by atoms with E-state index in [4.69, 9.17) is 9.47 Å². The maximum absolute atomic E-state index is 11.4. The lowest BCUT2D eigenvalue weighted by molar-refractivity contribution is -0.149. The summed E-state index contributed by atoms with van der Waals surface area (Å²) >= 11 is 0. The highest BCUT2D eigenvalue weighted by molar-refractivity contribution is 6.03. The van der Waals surface area contributed by atoms with Crippen molar-refractivity contribution < 1.29 is 23.9 Å². The van der Waals surface area contributed by atoms with Crippen molar-refractivity contribution in [2.24, 2.45) is 0 Å². The number of rotatable bonds is 12. The first-order chi connectivity index (χ1) is 9.60. The van der Waals surface area contributed by atoms with Crippen LogP contribution in [0, 0.1) is 0 Å². The lowest BCUT2D eigenvalue weighted by atomic mass is 10.2. The fourth-order valence-corrected chi connectivity index (χ4v) is 1.56. The summed E-state index contributed by atoms with van der Waals surface area (Å²) in [7, 11) is 0. The minimum Gasteiger partial charge on any atom is -0.465 e. The fourth-order valence-electron chi connectivity index (χ4n) is 1.56. The van der Waals surface area contributed by atoms with Gasteiger partial charge >= 0.3 is 11.9 Å². The predicted octanol–water partition coefficient (Wildman–Crippen LogP) is 2.80. The Morgan fingerprint density at radius 3 is 1.45 bits per heavy atom. The molecule has 0 aromatic rings. The van der Waals surface area contributed by atoms with E-state index >= 15 is 0 Å². The highest BCUT2D eigenvalue weighted by Crippen LogP contribution is 2.00. The normalized spacial score (nSPS) is 10.1. The molecule has 5 nitrogen and oxygen atoms in total. The van der Waals surface area contributed by atoms with Gasteiger partial charge < -0.3 is 9.47 Å². The van der Waals surface area contributed by atoms with Crippen molar-refractivity contribution in [1.82, 2.24) is 0 Å². The van der Waals surface area contributed by atoms with E-state index in [9.17, 15) is 14.4 Å². The Labute approximate surface area is 121 Å². The van der Waals surface area contributed by atoms with E-state index in [0.29, 0.717) is 13.2 Å². The summed E-state index contributed by atoms with van der Waals surface area (Å²) < 4.78 is 9.80. The quantitative estimate of drug-likeness (QED) is 0.313. The van der Waals surface area contributed by atoms with E-state index in [1.807, 2.05) is 0 Å². The first kappa shape index (κ1) is 18.6. The number of ether oxygens (including phenoxy) is 2. The molecule has 0 aliphatic rings. The molecule has 0 heterocycles. The van der Waals surface area contributed by atoms with E-state index in [1.165, 1.54) is 0 Å². The summed E-state index contributed by atoms with van der Waals surface area (Å²) in [5.41, 5.74) is 0. The molecule has 0 saturated heterocycles. The summed E-state index contributed by atoms with van der Waals surface area (Å²) in [5.74, 6) is -1.58. The van der Waals surface area contributed by atoms with Gasteiger partial charge in [0.15, 0.2) is 5.78 Å². The summed E-state index contributed by atoms with van der Waals surface area (Å²) in [6.07, 6.45) is 4.97. The van der Waals surface area contributed by atoms with E-state index < -0.39 is 17.7 Å². The van der Waals surface area contributed by atoms with Gasteiger partial charge in [-0.2, -0.15) is 0 Å². The van der Waals surface area contributed by atoms with Gasteiger partial charge in [-0.3, -0.25) is 14.4 Å². The van der Waals surface area contributed by atoms with Crippen LogP contribution in [0.3, 0.4) is 0 Å². The Morgan fingerprint density at radius 1 is 0.700 bits per heavy atom. The van der Waals surface area contributed by atoms with Gasteiger partial charge in [-0.1, -0.05) is 39.5 Å². The molecule has 0 unspecified atom stereocenters. The molecule has 0 saturated carbocycles. The molecule has 5 heteroatoms. The molecule has 0 radical (unpaired) electrons. The standard InChI is InChI=1S/C15H26O5/c1-3-5-7-9-19-14(17)11-13(16)12-15(18)20-10-8-6-4-2/h3-12H2,1-2H3. The van der Waals surface area contributed by atoms with E-state index in [0.717, 1.165) is 38.5 Å². The minimum atomic E-state index is -0.565. The highest BCUT2D eigenvalue weighted by Gasteiger charge is 2.15. The Kier molecular flexibility index (Phi) is 11.8. The number of hydrogen-bond acceptors (Lipinski definition) is 5. The largest absolute Gasteiger partial charge is 0.465 e. The fraction of sp³-hybridized carbons (Fsp3) is 0.800.